The van der Waals surface area contributed by atoms with Gasteiger partial charge in [0.05, 0.1) is 0 Å². The molecule has 0 atom stereocenters. The maximum Gasteiger partial charge on any atom is 0 e. The molecule has 3 fully saturated rings. The summed E-state index contributed by atoms with van der Waals surface area (Å²) in [7, 11) is 0. The van der Waals surface area contributed by atoms with Gasteiger partial charge in [0.25, 0.3) is 0 Å². The van der Waals surface area contributed by atoms with Crippen molar-refractivity contribution in [3.63, 3.8) is 0 Å². The normalized spacial score (nSPS) is 28.4. The summed E-state index contributed by atoms with van der Waals surface area (Å²) in [5, 5.41) is 2.06. The van der Waals surface area contributed by atoms with E-state index in [0.29, 0.717) is 0 Å². The van der Waals surface area contributed by atoms with Crippen LogP contribution >= 0.6 is 6.60 Å². The molecule has 0 radical (unpaired) electrons. The molecule has 0 aliphatic heterocycles. The molecular formula is C29H51NiP. The molecule has 0 aromatic rings. The van der Waals surface area contributed by atoms with Crippen LogP contribution in [0, 0.1) is 5.41 Å². The fraction of sp³-hybridized carbons (Fsp3) is 0.862. The molecular weight excluding hydrogens is 438 g/mol. The van der Waals surface area contributed by atoms with Gasteiger partial charge < -0.3 is 0 Å². The van der Waals surface area contributed by atoms with Crippen molar-refractivity contribution in [2.45, 2.75) is 148 Å². The van der Waals surface area contributed by atoms with Crippen molar-refractivity contribution >= 4 is 6.60 Å². The molecule has 0 bridgehead atoms. The maximum absolute atomic E-state index is 3.04. The van der Waals surface area contributed by atoms with Crippen molar-refractivity contribution < 1.29 is 16.5 Å². The van der Waals surface area contributed by atoms with E-state index in [1.165, 1.54) is 57.8 Å². The quantitative estimate of drug-likeness (QED) is 0.272. The Morgan fingerprint density at radius 2 is 0.903 bits per heavy atom. The summed E-state index contributed by atoms with van der Waals surface area (Å²) in [5.74, 6) is 0. The van der Waals surface area contributed by atoms with Gasteiger partial charge in [-0.1, -0.05) is 0 Å². The number of allylic oxidation sites excluding steroid dienone is 4. The molecule has 31 heavy (non-hydrogen) atoms. The van der Waals surface area contributed by atoms with E-state index in [1.807, 2.05) is 0 Å². The van der Waals surface area contributed by atoms with Crippen molar-refractivity contribution in [3.8, 4) is 0 Å². The van der Waals surface area contributed by atoms with Gasteiger partial charge in [-0.15, -0.1) is 0 Å². The summed E-state index contributed by atoms with van der Waals surface area (Å²) in [6.07, 6.45) is 22.8. The predicted molar refractivity (Wildman–Crippen MR) is 138 cm³/mol. The van der Waals surface area contributed by atoms with Crippen LogP contribution in [-0.2, 0) is 16.5 Å². The molecule has 0 heterocycles. The summed E-state index contributed by atoms with van der Waals surface area (Å²) in [4.78, 5) is 0. The van der Waals surface area contributed by atoms with Gasteiger partial charge in [0, 0.05) is 16.5 Å². The first-order valence-electron chi connectivity index (χ1n) is 13.6. The van der Waals surface area contributed by atoms with Gasteiger partial charge >= 0.3 is 189 Å². The smallest absolute Gasteiger partial charge is 0 e. The van der Waals surface area contributed by atoms with Crippen LogP contribution in [0.5, 0.6) is 0 Å². The monoisotopic (exact) mass is 488 g/mol. The average Bonchev–Trinajstić information content (AvgIpc) is 2.94. The molecule has 4 aliphatic rings. The Bertz CT molecular complexity index is 661. The molecule has 182 valence electrons. The van der Waals surface area contributed by atoms with E-state index < -0.39 is 6.60 Å². The first-order valence-corrected chi connectivity index (χ1v) is 16.5. The summed E-state index contributed by atoms with van der Waals surface area (Å²) in [6, 6.07) is 0. The molecule has 0 amide bonds. The standard InChI is InChI=1S/C29H51P.Ni/c1-22-23(2)28(29(4,5)24(22)3)30(6,25-16-10-7-11-17-25,26-18-12-8-13-19-26)27-20-14-9-15-21-27;/h25-27H,7-21H2,1-6H3;. The Balaban J connectivity index is 0.00000272. The Morgan fingerprint density at radius 3 is 1.16 bits per heavy atom. The topological polar surface area (TPSA) is 0 Å². The van der Waals surface area contributed by atoms with Crippen LogP contribution in [-0.4, -0.2) is 23.6 Å². The minimum absolute atomic E-state index is 0. The van der Waals surface area contributed by atoms with Crippen LogP contribution < -0.4 is 0 Å². The molecule has 0 nitrogen and oxygen atoms in total. The third-order valence-electron chi connectivity index (χ3n) is 11.3. The van der Waals surface area contributed by atoms with E-state index in [0.717, 1.165) is 17.0 Å². The molecule has 0 unspecified atom stereocenters. The summed E-state index contributed by atoms with van der Waals surface area (Å²) < 4.78 is 0. The van der Waals surface area contributed by atoms with Crippen molar-refractivity contribution in [3.05, 3.63) is 22.0 Å². The van der Waals surface area contributed by atoms with E-state index in [-0.39, 0.29) is 21.9 Å². The maximum atomic E-state index is 3.04. The summed E-state index contributed by atoms with van der Waals surface area (Å²) in [6.45, 7) is 13.7. The Labute approximate surface area is 204 Å². The minimum Gasteiger partial charge on any atom is 0 e. The van der Waals surface area contributed by atoms with Gasteiger partial charge in [-0.2, -0.15) is 0 Å². The number of hydrogen-bond donors (Lipinski definition) is 0. The second kappa shape index (κ2) is 9.57. The van der Waals surface area contributed by atoms with Gasteiger partial charge in [0.2, 0.25) is 0 Å². The molecule has 2 heteroatoms. The predicted octanol–water partition coefficient (Wildman–Crippen LogP) is 9.82. The molecule has 0 aromatic carbocycles. The molecule has 0 spiro atoms. The van der Waals surface area contributed by atoms with E-state index in [4.69, 9.17) is 0 Å². The van der Waals surface area contributed by atoms with Crippen LogP contribution in [0.1, 0.15) is 131 Å². The fourth-order valence-corrected chi connectivity index (χ4v) is 20.4. The first kappa shape index (κ1) is 26.0. The summed E-state index contributed by atoms with van der Waals surface area (Å²) >= 11 is 0. The number of hydrogen-bond acceptors (Lipinski definition) is 0. The van der Waals surface area contributed by atoms with E-state index in [2.05, 4.69) is 46.6 Å². The first-order chi connectivity index (χ1) is 14.2. The third-order valence-corrected chi connectivity index (χ3v) is 20.7. The van der Waals surface area contributed by atoms with Crippen LogP contribution in [0.15, 0.2) is 22.0 Å². The van der Waals surface area contributed by atoms with Gasteiger partial charge in [0.1, 0.15) is 0 Å². The van der Waals surface area contributed by atoms with Crippen molar-refractivity contribution in [1.29, 1.82) is 0 Å². The van der Waals surface area contributed by atoms with Crippen molar-refractivity contribution in [1.82, 2.24) is 0 Å². The second-order valence-electron chi connectivity index (χ2n) is 12.6. The van der Waals surface area contributed by atoms with Gasteiger partial charge in [-0.25, -0.2) is 0 Å². The van der Waals surface area contributed by atoms with E-state index in [9.17, 15) is 0 Å². The van der Waals surface area contributed by atoms with Gasteiger partial charge in [-0.3, -0.25) is 0 Å². The van der Waals surface area contributed by atoms with Crippen LogP contribution in [0.4, 0.5) is 0 Å². The van der Waals surface area contributed by atoms with E-state index in [1.54, 1.807) is 55.2 Å². The van der Waals surface area contributed by atoms with Crippen LogP contribution in [0.2, 0.25) is 0 Å². The van der Waals surface area contributed by atoms with Gasteiger partial charge in [0.15, 0.2) is 0 Å². The third kappa shape index (κ3) is 3.79. The van der Waals surface area contributed by atoms with Crippen molar-refractivity contribution in [2.24, 2.45) is 5.41 Å². The molecule has 0 N–H and O–H groups in total. The largest absolute Gasteiger partial charge is 0 e. The SMILES string of the molecule is CC1=C(C)C(C)(C)C(P(C)(C2CCCCC2)(C2CCCCC2)C2CCCCC2)=C1C.[Ni]. The average molecular weight is 489 g/mol. The molecule has 4 rings (SSSR count). The van der Waals surface area contributed by atoms with Crippen LogP contribution in [0.25, 0.3) is 0 Å². The van der Waals surface area contributed by atoms with Crippen molar-refractivity contribution in [2.75, 3.05) is 6.66 Å². The molecule has 4 aliphatic carbocycles. The Morgan fingerprint density at radius 1 is 0.581 bits per heavy atom. The molecule has 0 aromatic heterocycles. The number of rotatable bonds is 4. The zero-order valence-corrected chi connectivity index (χ0v) is 23.5. The zero-order valence-electron chi connectivity index (χ0n) is 21.6. The molecule has 3 saturated carbocycles. The Kier molecular flexibility index (Phi) is 8.03. The second-order valence-corrected chi connectivity index (χ2v) is 18.9. The molecule has 0 saturated heterocycles. The summed E-state index contributed by atoms with van der Waals surface area (Å²) in [5.41, 5.74) is 8.49. The van der Waals surface area contributed by atoms with Crippen LogP contribution in [0.3, 0.4) is 0 Å². The Hall–Kier alpha value is 0.404. The minimum atomic E-state index is -2.13. The van der Waals surface area contributed by atoms with Gasteiger partial charge in [-0.05, 0) is 0 Å². The zero-order chi connectivity index (χ0) is 21.6. The van der Waals surface area contributed by atoms with E-state index >= 15 is 0 Å². The fourth-order valence-electron chi connectivity index (χ4n) is 9.54.